The van der Waals surface area contributed by atoms with E-state index in [-0.39, 0.29) is 0 Å². The second-order valence-corrected chi connectivity index (χ2v) is 5.53. The van der Waals surface area contributed by atoms with Crippen LogP contribution < -0.4 is 5.73 Å². The second-order valence-electron chi connectivity index (χ2n) is 5.53. The number of nitrogens with zero attached hydrogens (tertiary/aromatic N) is 1. The first-order chi connectivity index (χ1) is 8.20. The van der Waals surface area contributed by atoms with Gasteiger partial charge in [0.25, 0.3) is 0 Å². The lowest BCUT2D eigenvalue weighted by Crippen LogP contribution is -2.44. The van der Waals surface area contributed by atoms with Gasteiger partial charge in [-0.15, -0.1) is 0 Å². The van der Waals surface area contributed by atoms with Crippen molar-refractivity contribution in [3.8, 4) is 0 Å². The van der Waals surface area contributed by atoms with E-state index in [1.165, 1.54) is 24.8 Å². The van der Waals surface area contributed by atoms with Crippen LogP contribution in [-0.2, 0) is 6.54 Å². The van der Waals surface area contributed by atoms with E-state index in [0.29, 0.717) is 12.0 Å². The lowest BCUT2D eigenvalue weighted by molar-refractivity contribution is 0.103. The van der Waals surface area contributed by atoms with Gasteiger partial charge < -0.3 is 10.2 Å². The van der Waals surface area contributed by atoms with Gasteiger partial charge >= 0.3 is 0 Å². The molecule has 0 radical (unpaired) electrons. The summed E-state index contributed by atoms with van der Waals surface area (Å²) in [5.74, 6) is 1.48. The monoisotopic (exact) mass is 236 g/mol. The van der Waals surface area contributed by atoms with E-state index in [9.17, 15) is 0 Å². The van der Waals surface area contributed by atoms with Crippen molar-refractivity contribution in [3.05, 3.63) is 24.2 Å². The molecule has 1 aliphatic rings. The highest BCUT2D eigenvalue weighted by Crippen LogP contribution is 2.31. The largest absolute Gasteiger partial charge is 0.472 e. The van der Waals surface area contributed by atoms with Gasteiger partial charge in [0.2, 0.25) is 0 Å². The summed E-state index contributed by atoms with van der Waals surface area (Å²) in [4.78, 5) is 2.44. The minimum absolute atomic E-state index is 0.624. The van der Waals surface area contributed by atoms with Gasteiger partial charge in [0.1, 0.15) is 0 Å². The predicted molar refractivity (Wildman–Crippen MR) is 69.5 cm³/mol. The minimum atomic E-state index is 0.624. The van der Waals surface area contributed by atoms with Crippen LogP contribution in [-0.4, -0.2) is 24.5 Å². The highest BCUT2D eigenvalue weighted by Gasteiger charge is 2.30. The lowest BCUT2D eigenvalue weighted by atomic mass is 9.78. The van der Waals surface area contributed by atoms with Crippen molar-refractivity contribution in [1.29, 1.82) is 0 Å². The summed E-state index contributed by atoms with van der Waals surface area (Å²) in [6.07, 6.45) is 7.46. The first-order valence-electron chi connectivity index (χ1n) is 6.62. The molecular formula is C14H24N2O. The van der Waals surface area contributed by atoms with Gasteiger partial charge in [0, 0.05) is 18.2 Å². The van der Waals surface area contributed by atoms with Gasteiger partial charge in [-0.1, -0.05) is 13.3 Å². The van der Waals surface area contributed by atoms with Crippen LogP contribution in [0.2, 0.25) is 0 Å². The number of nitrogens with two attached hydrogens (primary N) is 1. The number of hydrogen-bond donors (Lipinski definition) is 1. The average molecular weight is 236 g/mol. The first-order valence-corrected chi connectivity index (χ1v) is 6.62. The zero-order valence-electron chi connectivity index (χ0n) is 10.9. The molecule has 1 aromatic rings. The van der Waals surface area contributed by atoms with Crippen LogP contribution >= 0.6 is 0 Å². The van der Waals surface area contributed by atoms with Crippen LogP contribution in [0.25, 0.3) is 0 Å². The minimum Gasteiger partial charge on any atom is -0.472 e. The molecule has 3 unspecified atom stereocenters. The maximum atomic E-state index is 5.91. The fourth-order valence-electron chi connectivity index (χ4n) is 3.02. The Bertz CT molecular complexity index is 323. The molecule has 0 aliphatic heterocycles. The molecule has 0 amide bonds. The summed E-state index contributed by atoms with van der Waals surface area (Å²) < 4.78 is 5.13. The van der Waals surface area contributed by atoms with Crippen LogP contribution in [0, 0.1) is 11.8 Å². The van der Waals surface area contributed by atoms with Gasteiger partial charge in [0.05, 0.1) is 12.5 Å². The number of furan rings is 1. The molecule has 1 fully saturated rings. The Labute approximate surface area is 104 Å². The van der Waals surface area contributed by atoms with Crippen LogP contribution in [0.5, 0.6) is 0 Å². The molecule has 0 aromatic carbocycles. The highest BCUT2D eigenvalue weighted by molar-refractivity contribution is 5.05. The topological polar surface area (TPSA) is 42.4 Å². The van der Waals surface area contributed by atoms with Crippen LogP contribution in [0.1, 0.15) is 31.7 Å². The Morgan fingerprint density at radius 2 is 2.29 bits per heavy atom. The van der Waals surface area contributed by atoms with Gasteiger partial charge in [-0.25, -0.2) is 0 Å². The molecule has 3 heteroatoms. The zero-order chi connectivity index (χ0) is 12.3. The van der Waals surface area contributed by atoms with E-state index in [1.807, 2.05) is 12.3 Å². The van der Waals surface area contributed by atoms with Crippen LogP contribution in [0.3, 0.4) is 0 Å². The molecule has 0 saturated heterocycles. The van der Waals surface area contributed by atoms with E-state index in [1.54, 1.807) is 6.26 Å². The maximum Gasteiger partial charge on any atom is 0.0947 e. The molecule has 96 valence electrons. The van der Waals surface area contributed by atoms with Crippen molar-refractivity contribution >= 4 is 0 Å². The van der Waals surface area contributed by atoms with Crippen molar-refractivity contribution < 1.29 is 4.42 Å². The van der Waals surface area contributed by atoms with E-state index in [4.69, 9.17) is 10.2 Å². The van der Waals surface area contributed by atoms with Gasteiger partial charge in [0.15, 0.2) is 0 Å². The molecule has 1 heterocycles. The highest BCUT2D eigenvalue weighted by atomic mass is 16.3. The quantitative estimate of drug-likeness (QED) is 0.873. The van der Waals surface area contributed by atoms with E-state index in [2.05, 4.69) is 18.9 Å². The van der Waals surface area contributed by atoms with E-state index >= 15 is 0 Å². The van der Waals surface area contributed by atoms with Crippen molar-refractivity contribution in [1.82, 2.24) is 4.90 Å². The molecule has 1 aliphatic carbocycles. The number of hydrogen-bond acceptors (Lipinski definition) is 3. The normalized spacial score (nSPS) is 29.8. The zero-order valence-corrected chi connectivity index (χ0v) is 10.9. The molecule has 1 aromatic heterocycles. The Kier molecular flexibility index (Phi) is 4.24. The first kappa shape index (κ1) is 12.7. The lowest BCUT2D eigenvalue weighted by Gasteiger charge is -2.40. The Morgan fingerprint density at radius 3 is 2.94 bits per heavy atom. The summed E-state index contributed by atoms with van der Waals surface area (Å²) in [5, 5.41) is 0. The molecule has 0 spiro atoms. The fraction of sp³-hybridized carbons (Fsp3) is 0.714. The Hall–Kier alpha value is -0.800. The van der Waals surface area contributed by atoms with Crippen molar-refractivity contribution in [2.75, 3.05) is 13.6 Å². The third-order valence-corrected chi connectivity index (χ3v) is 4.10. The average Bonchev–Trinajstić information content (AvgIpc) is 2.81. The molecule has 3 atom stereocenters. The summed E-state index contributed by atoms with van der Waals surface area (Å²) in [6, 6.07) is 2.67. The third-order valence-electron chi connectivity index (χ3n) is 4.10. The SMILES string of the molecule is CC1CCC(CN)C(N(C)Cc2ccoc2)C1. The Balaban J connectivity index is 1.97. The van der Waals surface area contributed by atoms with Crippen molar-refractivity contribution in [3.63, 3.8) is 0 Å². The van der Waals surface area contributed by atoms with Gasteiger partial charge in [-0.2, -0.15) is 0 Å². The van der Waals surface area contributed by atoms with Crippen LogP contribution in [0.15, 0.2) is 23.0 Å². The predicted octanol–water partition coefficient (Wildman–Crippen LogP) is 2.47. The molecule has 2 rings (SSSR count). The summed E-state index contributed by atoms with van der Waals surface area (Å²) in [6.45, 7) is 4.13. The van der Waals surface area contributed by atoms with Crippen LogP contribution in [0.4, 0.5) is 0 Å². The standard InChI is InChI=1S/C14H24N2O/c1-11-3-4-13(8-15)14(7-11)16(2)9-12-5-6-17-10-12/h5-6,10-11,13-14H,3-4,7-9,15H2,1-2H3. The van der Waals surface area contributed by atoms with Gasteiger partial charge in [-0.3, -0.25) is 4.90 Å². The van der Waals surface area contributed by atoms with E-state index in [0.717, 1.165) is 19.0 Å². The second kappa shape index (κ2) is 5.69. The van der Waals surface area contributed by atoms with Crippen molar-refractivity contribution in [2.24, 2.45) is 17.6 Å². The molecule has 17 heavy (non-hydrogen) atoms. The summed E-state index contributed by atoms with van der Waals surface area (Å²) in [5.41, 5.74) is 7.16. The maximum absolute atomic E-state index is 5.91. The molecule has 0 bridgehead atoms. The fourth-order valence-corrected chi connectivity index (χ4v) is 3.02. The number of rotatable bonds is 4. The van der Waals surface area contributed by atoms with Gasteiger partial charge in [-0.05, 0) is 44.3 Å². The summed E-state index contributed by atoms with van der Waals surface area (Å²) >= 11 is 0. The third kappa shape index (κ3) is 3.11. The molecule has 3 nitrogen and oxygen atoms in total. The Morgan fingerprint density at radius 1 is 1.47 bits per heavy atom. The molecule has 2 N–H and O–H groups in total. The smallest absolute Gasteiger partial charge is 0.0947 e. The molecule has 1 saturated carbocycles. The van der Waals surface area contributed by atoms with Crippen molar-refractivity contribution in [2.45, 2.75) is 38.8 Å². The van der Waals surface area contributed by atoms with E-state index < -0.39 is 0 Å². The molecular weight excluding hydrogens is 212 g/mol. The summed E-state index contributed by atoms with van der Waals surface area (Å²) in [7, 11) is 2.21.